The average molecular weight is 324 g/mol. The summed E-state index contributed by atoms with van der Waals surface area (Å²) in [4.78, 5) is 29.4. The van der Waals surface area contributed by atoms with E-state index in [-0.39, 0.29) is 17.7 Å². The van der Waals surface area contributed by atoms with Crippen molar-refractivity contribution in [2.24, 2.45) is 7.05 Å². The Hall–Kier alpha value is -2.84. The van der Waals surface area contributed by atoms with Gasteiger partial charge in [-0.05, 0) is 5.56 Å². The van der Waals surface area contributed by atoms with Crippen molar-refractivity contribution in [3.05, 3.63) is 62.6 Å². The summed E-state index contributed by atoms with van der Waals surface area (Å²) >= 11 is 0. The predicted molar refractivity (Wildman–Crippen MR) is 76.1 cm³/mol. The van der Waals surface area contributed by atoms with Gasteiger partial charge in [-0.15, -0.1) is 0 Å². The zero-order valence-electron chi connectivity index (χ0n) is 11.9. The Balaban J connectivity index is 2.34. The monoisotopic (exact) mass is 324 g/mol. The third-order valence-electron chi connectivity index (χ3n) is 3.44. The van der Waals surface area contributed by atoms with Crippen molar-refractivity contribution in [1.29, 1.82) is 0 Å². The van der Waals surface area contributed by atoms with Crippen LogP contribution < -0.4 is 11.2 Å². The number of halogens is 3. The van der Waals surface area contributed by atoms with E-state index in [1.165, 1.54) is 7.05 Å². The predicted octanol–water partition coefficient (Wildman–Crippen LogP) is 1.49. The molecule has 3 aromatic rings. The first-order chi connectivity index (χ1) is 10.8. The molecule has 0 bridgehead atoms. The zero-order chi connectivity index (χ0) is 16.8. The van der Waals surface area contributed by atoms with Crippen LogP contribution in [0.15, 0.2) is 39.9 Å². The molecule has 3 rings (SSSR count). The number of fused-ring (bicyclic) bond motifs is 1. The summed E-state index contributed by atoms with van der Waals surface area (Å²) < 4.78 is 41.2. The lowest BCUT2D eigenvalue weighted by Crippen LogP contribution is -2.33. The van der Waals surface area contributed by atoms with E-state index in [2.05, 4.69) is 9.97 Å². The Labute approximate surface area is 126 Å². The third kappa shape index (κ3) is 2.54. The molecule has 0 aliphatic rings. The highest BCUT2D eigenvalue weighted by molar-refractivity contribution is 5.70. The van der Waals surface area contributed by atoms with Crippen LogP contribution in [-0.2, 0) is 19.8 Å². The standard InChI is InChI=1S/C14H11F3N4O2/c1-20-11(22)9-10(19-13(20)23)18-12(14(15,16)17)21(9)7-8-5-3-2-4-6-8/h2-6H,7H2,1H3,(H,19,23). The number of aromatic amines is 1. The van der Waals surface area contributed by atoms with Crippen molar-refractivity contribution in [2.45, 2.75) is 12.7 Å². The number of H-pyrrole nitrogens is 1. The van der Waals surface area contributed by atoms with Gasteiger partial charge in [-0.25, -0.2) is 9.78 Å². The molecule has 120 valence electrons. The molecule has 0 amide bonds. The van der Waals surface area contributed by atoms with Gasteiger partial charge < -0.3 is 4.57 Å². The highest BCUT2D eigenvalue weighted by atomic mass is 19.4. The van der Waals surface area contributed by atoms with Crippen LogP contribution in [0.25, 0.3) is 11.2 Å². The highest BCUT2D eigenvalue weighted by Crippen LogP contribution is 2.30. The second-order valence-corrected chi connectivity index (χ2v) is 5.00. The van der Waals surface area contributed by atoms with Crippen LogP contribution in [0.1, 0.15) is 11.4 Å². The van der Waals surface area contributed by atoms with Crippen LogP contribution in [-0.4, -0.2) is 19.1 Å². The van der Waals surface area contributed by atoms with E-state index in [9.17, 15) is 22.8 Å². The lowest BCUT2D eigenvalue weighted by molar-refractivity contribution is -0.146. The highest BCUT2D eigenvalue weighted by Gasteiger charge is 2.38. The van der Waals surface area contributed by atoms with E-state index in [1.807, 2.05) is 0 Å². The van der Waals surface area contributed by atoms with Crippen LogP contribution in [0, 0.1) is 0 Å². The normalized spacial score (nSPS) is 12.0. The lowest BCUT2D eigenvalue weighted by atomic mass is 10.2. The first-order valence-electron chi connectivity index (χ1n) is 6.59. The third-order valence-corrected chi connectivity index (χ3v) is 3.44. The summed E-state index contributed by atoms with van der Waals surface area (Å²) in [6.45, 7) is -0.187. The summed E-state index contributed by atoms with van der Waals surface area (Å²) in [5, 5.41) is 0. The lowest BCUT2D eigenvalue weighted by Gasteiger charge is -2.11. The minimum absolute atomic E-state index is 0.187. The molecular formula is C14H11F3N4O2. The topological polar surface area (TPSA) is 72.7 Å². The van der Waals surface area contributed by atoms with Crippen LogP contribution >= 0.6 is 0 Å². The van der Waals surface area contributed by atoms with E-state index in [1.54, 1.807) is 30.3 Å². The zero-order valence-corrected chi connectivity index (χ0v) is 11.9. The average Bonchev–Trinajstić information content (AvgIpc) is 2.84. The van der Waals surface area contributed by atoms with Gasteiger partial charge in [-0.2, -0.15) is 13.2 Å². The number of nitrogens with one attached hydrogen (secondary N) is 1. The molecule has 1 N–H and O–H groups in total. The molecule has 1 aromatic carbocycles. The SMILES string of the molecule is Cn1c(=O)[nH]c2nc(C(F)(F)F)n(Cc3ccccc3)c2c1=O. The summed E-state index contributed by atoms with van der Waals surface area (Å²) in [6, 6.07) is 8.38. The van der Waals surface area contributed by atoms with Gasteiger partial charge in [0.1, 0.15) is 0 Å². The van der Waals surface area contributed by atoms with E-state index >= 15 is 0 Å². The number of hydrogen-bond acceptors (Lipinski definition) is 3. The maximum atomic E-state index is 13.2. The van der Waals surface area contributed by atoms with Crippen LogP contribution in [0.4, 0.5) is 13.2 Å². The molecule has 0 radical (unpaired) electrons. The molecular weight excluding hydrogens is 313 g/mol. The number of nitrogens with zero attached hydrogens (tertiary/aromatic N) is 3. The second-order valence-electron chi connectivity index (χ2n) is 5.00. The molecule has 9 heteroatoms. The fraction of sp³-hybridized carbons (Fsp3) is 0.214. The molecule has 0 saturated heterocycles. The van der Waals surface area contributed by atoms with Gasteiger partial charge in [0.2, 0.25) is 5.82 Å². The Morgan fingerprint density at radius 2 is 1.83 bits per heavy atom. The van der Waals surface area contributed by atoms with Crippen molar-refractivity contribution < 1.29 is 13.2 Å². The van der Waals surface area contributed by atoms with Crippen LogP contribution in [0.5, 0.6) is 0 Å². The van der Waals surface area contributed by atoms with E-state index < -0.39 is 23.2 Å². The largest absolute Gasteiger partial charge is 0.449 e. The number of benzene rings is 1. The van der Waals surface area contributed by atoms with E-state index in [0.29, 0.717) is 10.1 Å². The first kappa shape index (κ1) is 15.1. The van der Waals surface area contributed by atoms with Crippen LogP contribution in [0.3, 0.4) is 0 Å². The van der Waals surface area contributed by atoms with E-state index in [0.717, 1.165) is 4.57 Å². The Morgan fingerprint density at radius 3 is 2.43 bits per heavy atom. The van der Waals surface area contributed by atoms with Crippen molar-refractivity contribution in [3.8, 4) is 0 Å². The van der Waals surface area contributed by atoms with Gasteiger partial charge in [0.15, 0.2) is 11.2 Å². The molecule has 0 unspecified atom stereocenters. The van der Waals surface area contributed by atoms with Gasteiger partial charge in [-0.3, -0.25) is 14.3 Å². The fourth-order valence-corrected chi connectivity index (χ4v) is 2.33. The number of hydrogen-bond donors (Lipinski definition) is 1. The minimum Gasteiger partial charge on any atom is -0.310 e. The fourth-order valence-electron chi connectivity index (χ4n) is 2.33. The van der Waals surface area contributed by atoms with Gasteiger partial charge in [0, 0.05) is 13.6 Å². The summed E-state index contributed by atoms with van der Waals surface area (Å²) in [5.41, 5.74) is -1.74. The van der Waals surface area contributed by atoms with Gasteiger partial charge >= 0.3 is 11.9 Å². The van der Waals surface area contributed by atoms with Gasteiger partial charge in [0.25, 0.3) is 5.56 Å². The maximum absolute atomic E-state index is 13.2. The quantitative estimate of drug-likeness (QED) is 0.776. The van der Waals surface area contributed by atoms with Crippen molar-refractivity contribution in [3.63, 3.8) is 0 Å². The molecule has 0 atom stereocenters. The molecule has 6 nitrogen and oxygen atoms in total. The van der Waals surface area contributed by atoms with Crippen molar-refractivity contribution >= 4 is 11.2 Å². The summed E-state index contributed by atoms with van der Waals surface area (Å²) in [6.07, 6.45) is -4.75. The van der Waals surface area contributed by atoms with Crippen molar-refractivity contribution in [2.75, 3.05) is 0 Å². The first-order valence-corrected chi connectivity index (χ1v) is 6.59. The molecule has 2 aromatic heterocycles. The minimum atomic E-state index is -4.75. The summed E-state index contributed by atoms with van der Waals surface area (Å²) in [7, 11) is 1.19. The van der Waals surface area contributed by atoms with Crippen molar-refractivity contribution in [1.82, 2.24) is 19.1 Å². The second kappa shape index (κ2) is 5.11. The Kier molecular flexibility index (Phi) is 3.35. The molecule has 23 heavy (non-hydrogen) atoms. The van der Waals surface area contributed by atoms with E-state index in [4.69, 9.17) is 0 Å². The molecule has 0 fully saturated rings. The number of rotatable bonds is 2. The van der Waals surface area contributed by atoms with Crippen LogP contribution in [0.2, 0.25) is 0 Å². The number of imidazole rings is 1. The Morgan fingerprint density at radius 1 is 1.17 bits per heavy atom. The molecule has 0 spiro atoms. The maximum Gasteiger partial charge on any atom is 0.449 e. The molecule has 0 aliphatic heterocycles. The molecule has 0 saturated carbocycles. The molecule has 0 aliphatic carbocycles. The number of alkyl halides is 3. The Bertz CT molecular complexity index is 983. The smallest absolute Gasteiger partial charge is 0.310 e. The van der Waals surface area contributed by atoms with Gasteiger partial charge in [0.05, 0.1) is 0 Å². The number of aromatic nitrogens is 4. The van der Waals surface area contributed by atoms with Gasteiger partial charge in [-0.1, -0.05) is 30.3 Å². The summed E-state index contributed by atoms with van der Waals surface area (Å²) in [5.74, 6) is -1.23. The molecule has 2 heterocycles.